The molecule has 5 nitrogen and oxygen atoms in total. The maximum Gasteiger partial charge on any atom is 0.238 e. The molecule has 0 spiro atoms. The highest BCUT2D eigenvalue weighted by atomic mass is 16.2. The lowest BCUT2D eigenvalue weighted by Gasteiger charge is -2.21. The summed E-state index contributed by atoms with van der Waals surface area (Å²) in [5.41, 5.74) is 1.10. The first kappa shape index (κ1) is 17.0. The van der Waals surface area contributed by atoms with Crippen molar-refractivity contribution in [1.82, 2.24) is 0 Å². The van der Waals surface area contributed by atoms with Crippen molar-refractivity contribution in [2.45, 2.75) is 51.4 Å². The third-order valence-corrected chi connectivity index (χ3v) is 4.22. The molecular weight excluding hydrogens is 290 g/mol. The van der Waals surface area contributed by atoms with Gasteiger partial charge in [0.25, 0.3) is 0 Å². The van der Waals surface area contributed by atoms with Crippen LogP contribution in [0, 0.1) is 17.2 Å². The summed E-state index contributed by atoms with van der Waals surface area (Å²) in [4.78, 5) is 23.7. The number of benzene rings is 1. The monoisotopic (exact) mass is 313 g/mol. The maximum absolute atomic E-state index is 12.1. The van der Waals surface area contributed by atoms with E-state index in [4.69, 9.17) is 5.26 Å². The number of carbonyl (C=O) groups is 2. The second kappa shape index (κ2) is 8.94. The lowest BCUT2D eigenvalue weighted by atomic mass is 9.86. The zero-order valence-electron chi connectivity index (χ0n) is 13.3. The van der Waals surface area contributed by atoms with E-state index in [-0.39, 0.29) is 18.2 Å². The van der Waals surface area contributed by atoms with Crippen molar-refractivity contribution >= 4 is 23.2 Å². The summed E-state index contributed by atoms with van der Waals surface area (Å²) in [6.07, 6.45) is 7.56. The molecule has 1 aliphatic rings. The third-order valence-electron chi connectivity index (χ3n) is 4.22. The van der Waals surface area contributed by atoms with E-state index in [1.807, 2.05) is 0 Å². The molecule has 122 valence electrons. The van der Waals surface area contributed by atoms with Crippen LogP contribution in [0.2, 0.25) is 0 Å². The van der Waals surface area contributed by atoms with E-state index >= 15 is 0 Å². The van der Waals surface area contributed by atoms with Crippen LogP contribution in [-0.2, 0) is 9.59 Å². The molecule has 0 unspecified atom stereocenters. The van der Waals surface area contributed by atoms with Gasteiger partial charge in [0.1, 0.15) is 6.42 Å². The van der Waals surface area contributed by atoms with Gasteiger partial charge in [-0.25, -0.2) is 0 Å². The smallest absolute Gasteiger partial charge is 0.238 e. The Morgan fingerprint density at radius 1 is 1.04 bits per heavy atom. The molecule has 1 aliphatic carbocycles. The molecule has 23 heavy (non-hydrogen) atoms. The van der Waals surface area contributed by atoms with Gasteiger partial charge in [-0.3, -0.25) is 9.59 Å². The van der Waals surface area contributed by atoms with E-state index in [0.29, 0.717) is 23.7 Å². The number of nitriles is 1. The number of carbonyl (C=O) groups excluding carboxylic acids is 2. The summed E-state index contributed by atoms with van der Waals surface area (Å²) in [5, 5.41) is 14.0. The zero-order valence-corrected chi connectivity index (χ0v) is 13.3. The molecular formula is C18H23N3O2. The molecule has 2 N–H and O–H groups in total. The molecule has 5 heteroatoms. The minimum atomic E-state index is -0.378. The predicted octanol–water partition coefficient (Wildman–Crippen LogP) is 3.84. The fraction of sp³-hybridized carbons (Fsp3) is 0.500. The van der Waals surface area contributed by atoms with Gasteiger partial charge in [-0.2, -0.15) is 5.26 Å². The van der Waals surface area contributed by atoms with Crippen LogP contribution >= 0.6 is 0 Å². The number of hydrogen-bond donors (Lipinski definition) is 2. The zero-order chi connectivity index (χ0) is 16.5. The van der Waals surface area contributed by atoms with E-state index in [1.54, 1.807) is 30.3 Å². The highest BCUT2D eigenvalue weighted by molar-refractivity contribution is 5.99. The van der Waals surface area contributed by atoms with Crippen molar-refractivity contribution in [2.75, 3.05) is 10.6 Å². The molecule has 0 atom stereocenters. The van der Waals surface area contributed by atoms with Gasteiger partial charge in [0.2, 0.25) is 11.8 Å². The predicted molar refractivity (Wildman–Crippen MR) is 89.7 cm³/mol. The van der Waals surface area contributed by atoms with Crippen molar-refractivity contribution in [1.29, 1.82) is 5.26 Å². The first-order valence-electron chi connectivity index (χ1n) is 8.24. The number of hydrogen-bond acceptors (Lipinski definition) is 3. The molecule has 2 rings (SSSR count). The standard InChI is InChI=1S/C18H23N3O2/c19-13-12-18(23)21-16-9-5-4-8-15(16)20-17(22)11-10-14-6-2-1-3-7-14/h4-5,8-9,14H,1-3,6-7,10-12H2,(H,20,22)(H,21,23). The summed E-state index contributed by atoms with van der Waals surface area (Å²) < 4.78 is 0. The SMILES string of the molecule is N#CCC(=O)Nc1ccccc1NC(=O)CCC1CCCCC1. The van der Waals surface area contributed by atoms with Crippen LogP contribution in [0.5, 0.6) is 0 Å². The Kier molecular flexibility index (Phi) is 6.61. The molecule has 0 aromatic heterocycles. The lowest BCUT2D eigenvalue weighted by Crippen LogP contribution is -2.17. The van der Waals surface area contributed by atoms with E-state index in [9.17, 15) is 9.59 Å². The molecule has 0 bridgehead atoms. The topological polar surface area (TPSA) is 82.0 Å². The number of nitrogens with zero attached hydrogens (tertiary/aromatic N) is 1. The van der Waals surface area contributed by atoms with E-state index in [0.717, 1.165) is 6.42 Å². The minimum absolute atomic E-state index is 0.0300. The molecule has 1 saturated carbocycles. The van der Waals surface area contributed by atoms with E-state index < -0.39 is 0 Å². The second-order valence-corrected chi connectivity index (χ2v) is 6.02. The Labute approximate surface area is 137 Å². The van der Waals surface area contributed by atoms with Crippen molar-refractivity contribution in [3.8, 4) is 6.07 Å². The first-order valence-corrected chi connectivity index (χ1v) is 8.24. The number of para-hydroxylation sites is 2. The molecule has 0 radical (unpaired) electrons. The highest BCUT2D eigenvalue weighted by Gasteiger charge is 2.15. The Morgan fingerprint density at radius 2 is 1.65 bits per heavy atom. The van der Waals surface area contributed by atoms with Crippen LogP contribution in [0.25, 0.3) is 0 Å². The third kappa shape index (κ3) is 5.74. The summed E-state index contributed by atoms with van der Waals surface area (Å²) in [5.74, 6) is 0.258. The maximum atomic E-state index is 12.1. The van der Waals surface area contributed by atoms with Crippen LogP contribution in [0.15, 0.2) is 24.3 Å². The minimum Gasteiger partial charge on any atom is -0.324 e. The number of rotatable bonds is 6. The molecule has 2 amide bonds. The number of anilines is 2. The molecule has 1 fully saturated rings. The van der Waals surface area contributed by atoms with E-state index in [1.165, 1.54) is 32.1 Å². The van der Waals surface area contributed by atoms with Gasteiger partial charge in [0.15, 0.2) is 0 Å². The van der Waals surface area contributed by atoms with Crippen LogP contribution in [0.1, 0.15) is 51.4 Å². The van der Waals surface area contributed by atoms with Crippen LogP contribution < -0.4 is 10.6 Å². The van der Waals surface area contributed by atoms with Gasteiger partial charge < -0.3 is 10.6 Å². The fourth-order valence-corrected chi connectivity index (χ4v) is 2.99. The average Bonchev–Trinajstić information content (AvgIpc) is 2.56. The Morgan fingerprint density at radius 3 is 2.26 bits per heavy atom. The van der Waals surface area contributed by atoms with Crippen molar-refractivity contribution in [3.05, 3.63) is 24.3 Å². The summed E-state index contributed by atoms with van der Waals surface area (Å²) in [6.45, 7) is 0. The summed E-state index contributed by atoms with van der Waals surface area (Å²) in [6, 6.07) is 8.85. The Bertz CT molecular complexity index is 586. The molecule has 0 heterocycles. The van der Waals surface area contributed by atoms with Gasteiger partial charge >= 0.3 is 0 Å². The Hall–Kier alpha value is -2.35. The number of nitrogens with one attached hydrogen (secondary N) is 2. The second-order valence-electron chi connectivity index (χ2n) is 6.02. The van der Waals surface area contributed by atoms with Gasteiger partial charge in [-0.15, -0.1) is 0 Å². The van der Waals surface area contributed by atoms with Crippen molar-refractivity contribution in [3.63, 3.8) is 0 Å². The summed E-state index contributed by atoms with van der Waals surface area (Å²) in [7, 11) is 0. The van der Waals surface area contributed by atoms with Crippen LogP contribution in [0.3, 0.4) is 0 Å². The summed E-state index contributed by atoms with van der Waals surface area (Å²) >= 11 is 0. The molecule has 0 aliphatic heterocycles. The van der Waals surface area contributed by atoms with Gasteiger partial charge in [0, 0.05) is 6.42 Å². The van der Waals surface area contributed by atoms with Crippen molar-refractivity contribution < 1.29 is 9.59 Å². The number of amides is 2. The van der Waals surface area contributed by atoms with Gasteiger partial charge in [0.05, 0.1) is 17.4 Å². The first-order chi connectivity index (χ1) is 11.2. The average molecular weight is 313 g/mol. The highest BCUT2D eigenvalue weighted by Crippen LogP contribution is 2.28. The normalized spacial score (nSPS) is 14.7. The molecule has 1 aromatic carbocycles. The van der Waals surface area contributed by atoms with Crippen LogP contribution in [-0.4, -0.2) is 11.8 Å². The molecule has 0 saturated heterocycles. The lowest BCUT2D eigenvalue weighted by molar-refractivity contribution is -0.117. The van der Waals surface area contributed by atoms with Gasteiger partial charge in [-0.05, 0) is 24.5 Å². The van der Waals surface area contributed by atoms with Crippen molar-refractivity contribution in [2.24, 2.45) is 5.92 Å². The largest absolute Gasteiger partial charge is 0.324 e. The van der Waals surface area contributed by atoms with Gasteiger partial charge in [-0.1, -0.05) is 44.2 Å². The Balaban J connectivity index is 1.87. The molecule has 1 aromatic rings. The quantitative estimate of drug-likeness (QED) is 0.837. The fourth-order valence-electron chi connectivity index (χ4n) is 2.99. The van der Waals surface area contributed by atoms with Crippen LogP contribution in [0.4, 0.5) is 11.4 Å². The van der Waals surface area contributed by atoms with E-state index in [2.05, 4.69) is 10.6 Å².